The lowest BCUT2D eigenvalue weighted by molar-refractivity contribution is 0.0952. The van der Waals surface area contributed by atoms with Gasteiger partial charge in [-0.25, -0.2) is 9.97 Å². The highest BCUT2D eigenvalue weighted by Crippen LogP contribution is 2.18. The molecule has 1 aliphatic heterocycles. The second-order valence-electron chi connectivity index (χ2n) is 6.14. The van der Waals surface area contributed by atoms with Gasteiger partial charge in [0.25, 0.3) is 5.91 Å². The van der Waals surface area contributed by atoms with Crippen molar-refractivity contribution >= 4 is 17.5 Å². The molecular weight excluding hydrogens is 346 g/mol. The van der Waals surface area contributed by atoms with E-state index < -0.39 is 0 Å². The van der Waals surface area contributed by atoms with Crippen LogP contribution in [0.15, 0.2) is 30.3 Å². The van der Waals surface area contributed by atoms with Crippen LogP contribution in [0.25, 0.3) is 0 Å². The number of nitrogens with zero attached hydrogens (tertiary/aromatic N) is 3. The number of carbonyl (C=O) groups excluding carboxylic acids is 1. The summed E-state index contributed by atoms with van der Waals surface area (Å²) in [6.07, 6.45) is 0. The molecule has 144 valence electrons. The minimum absolute atomic E-state index is 0.165. The van der Waals surface area contributed by atoms with Crippen LogP contribution in [-0.2, 0) is 4.74 Å². The summed E-state index contributed by atoms with van der Waals surface area (Å²) < 4.78 is 10.6. The summed E-state index contributed by atoms with van der Waals surface area (Å²) in [4.78, 5) is 23.4. The van der Waals surface area contributed by atoms with Gasteiger partial charge < -0.3 is 25.0 Å². The van der Waals surface area contributed by atoms with Gasteiger partial charge in [0.05, 0.1) is 25.9 Å². The van der Waals surface area contributed by atoms with Gasteiger partial charge in [-0.1, -0.05) is 12.1 Å². The van der Waals surface area contributed by atoms with E-state index >= 15 is 0 Å². The molecule has 0 bridgehead atoms. The summed E-state index contributed by atoms with van der Waals surface area (Å²) >= 11 is 0. The van der Waals surface area contributed by atoms with Crippen LogP contribution in [0.3, 0.4) is 0 Å². The Labute approximate surface area is 158 Å². The summed E-state index contributed by atoms with van der Waals surface area (Å²) in [5, 5.41) is 6.13. The zero-order valence-electron chi connectivity index (χ0n) is 15.7. The summed E-state index contributed by atoms with van der Waals surface area (Å²) in [6, 6.07) is 9.08. The Hall–Kier alpha value is -2.87. The van der Waals surface area contributed by atoms with Crippen LogP contribution in [0, 0.1) is 6.92 Å². The molecule has 8 heteroatoms. The molecule has 2 heterocycles. The maximum Gasteiger partial charge on any atom is 0.255 e. The molecule has 0 unspecified atom stereocenters. The lowest BCUT2D eigenvalue weighted by atomic mass is 10.2. The van der Waals surface area contributed by atoms with Crippen molar-refractivity contribution in [3.05, 3.63) is 41.7 Å². The maximum absolute atomic E-state index is 12.3. The molecule has 0 atom stereocenters. The average Bonchev–Trinajstić information content (AvgIpc) is 2.71. The number of hydrogen-bond donors (Lipinski definition) is 2. The second-order valence-corrected chi connectivity index (χ2v) is 6.14. The Morgan fingerprint density at radius 2 is 2.00 bits per heavy atom. The van der Waals surface area contributed by atoms with Gasteiger partial charge in [-0.2, -0.15) is 0 Å². The number of morpholine rings is 1. The third-order valence-electron chi connectivity index (χ3n) is 4.23. The zero-order valence-corrected chi connectivity index (χ0v) is 15.7. The molecule has 1 saturated heterocycles. The van der Waals surface area contributed by atoms with Crippen molar-refractivity contribution in [2.45, 2.75) is 6.92 Å². The molecule has 2 N–H and O–H groups in total. The van der Waals surface area contributed by atoms with E-state index in [0.29, 0.717) is 43.4 Å². The standard InChI is InChI=1S/C19H25N5O3/c1-14-22-17(13-18(23-14)24-9-11-27-12-10-24)20-7-8-21-19(25)15-5-3-4-6-16(15)26-2/h3-6,13H,7-12H2,1-2H3,(H,21,25)(H,20,22,23). The van der Waals surface area contributed by atoms with E-state index in [2.05, 4.69) is 25.5 Å². The highest BCUT2D eigenvalue weighted by molar-refractivity contribution is 5.96. The first-order chi connectivity index (χ1) is 13.2. The number of amides is 1. The molecule has 0 spiro atoms. The Morgan fingerprint density at radius 3 is 2.78 bits per heavy atom. The number of para-hydroxylation sites is 1. The highest BCUT2D eigenvalue weighted by Gasteiger charge is 2.14. The van der Waals surface area contributed by atoms with Gasteiger partial charge in [-0.3, -0.25) is 4.79 Å². The number of benzene rings is 1. The van der Waals surface area contributed by atoms with Gasteiger partial charge in [-0.15, -0.1) is 0 Å². The number of aromatic nitrogens is 2. The molecule has 3 rings (SSSR count). The average molecular weight is 371 g/mol. The van der Waals surface area contributed by atoms with Crippen molar-refractivity contribution in [1.29, 1.82) is 0 Å². The molecule has 8 nitrogen and oxygen atoms in total. The van der Waals surface area contributed by atoms with Gasteiger partial charge in [0.15, 0.2) is 0 Å². The van der Waals surface area contributed by atoms with Crippen LogP contribution in [0.5, 0.6) is 5.75 Å². The molecule has 27 heavy (non-hydrogen) atoms. The molecule has 1 aliphatic rings. The van der Waals surface area contributed by atoms with E-state index in [9.17, 15) is 4.79 Å². The van der Waals surface area contributed by atoms with E-state index in [4.69, 9.17) is 9.47 Å². The van der Waals surface area contributed by atoms with Crippen LogP contribution in [-0.4, -0.2) is 62.4 Å². The summed E-state index contributed by atoms with van der Waals surface area (Å²) in [7, 11) is 1.55. The fourth-order valence-electron chi connectivity index (χ4n) is 2.89. The molecule has 0 aliphatic carbocycles. The molecular formula is C19H25N5O3. The van der Waals surface area contributed by atoms with Gasteiger partial charge in [0.1, 0.15) is 23.2 Å². The molecule has 1 amide bonds. The van der Waals surface area contributed by atoms with Crippen LogP contribution in [0.2, 0.25) is 0 Å². The van der Waals surface area contributed by atoms with Crippen molar-refractivity contribution in [1.82, 2.24) is 15.3 Å². The summed E-state index contributed by atoms with van der Waals surface area (Å²) in [5.41, 5.74) is 0.521. The Balaban J connectivity index is 1.53. The van der Waals surface area contributed by atoms with E-state index in [1.807, 2.05) is 25.1 Å². The predicted molar refractivity (Wildman–Crippen MR) is 104 cm³/mol. The highest BCUT2D eigenvalue weighted by atomic mass is 16.5. The molecule has 0 saturated carbocycles. The quantitative estimate of drug-likeness (QED) is 0.713. The molecule has 2 aromatic rings. The van der Waals surface area contributed by atoms with E-state index in [1.54, 1.807) is 19.2 Å². The topological polar surface area (TPSA) is 88.6 Å². The third kappa shape index (κ3) is 5.07. The number of nitrogens with one attached hydrogen (secondary N) is 2. The van der Waals surface area contributed by atoms with Gasteiger partial charge >= 0.3 is 0 Å². The smallest absolute Gasteiger partial charge is 0.255 e. The van der Waals surface area contributed by atoms with Crippen molar-refractivity contribution in [3.8, 4) is 5.75 Å². The first-order valence-corrected chi connectivity index (χ1v) is 9.01. The number of aryl methyl sites for hydroxylation is 1. The minimum atomic E-state index is -0.165. The first-order valence-electron chi connectivity index (χ1n) is 9.01. The fraction of sp³-hybridized carbons (Fsp3) is 0.421. The number of hydrogen-bond acceptors (Lipinski definition) is 7. The van der Waals surface area contributed by atoms with Gasteiger partial charge in [-0.05, 0) is 19.1 Å². The fourth-order valence-corrected chi connectivity index (χ4v) is 2.89. The van der Waals surface area contributed by atoms with Crippen LogP contribution < -0.4 is 20.3 Å². The van der Waals surface area contributed by atoms with E-state index in [1.165, 1.54) is 0 Å². The normalized spacial score (nSPS) is 13.9. The molecule has 1 aromatic heterocycles. The summed E-state index contributed by atoms with van der Waals surface area (Å²) in [5.74, 6) is 2.74. The maximum atomic E-state index is 12.3. The number of rotatable bonds is 7. The Morgan fingerprint density at radius 1 is 1.22 bits per heavy atom. The molecule has 0 radical (unpaired) electrons. The van der Waals surface area contributed by atoms with Crippen molar-refractivity contribution < 1.29 is 14.3 Å². The van der Waals surface area contributed by atoms with E-state index in [-0.39, 0.29) is 5.91 Å². The number of methoxy groups -OCH3 is 1. The zero-order chi connectivity index (χ0) is 19.1. The third-order valence-corrected chi connectivity index (χ3v) is 4.23. The van der Waals surface area contributed by atoms with Crippen LogP contribution in [0.1, 0.15) is 16.2 Å². The van der Waals surface area contributed by atoms with Crippen molar-refractivity contribution in [2.75, 3.05) is 56.7 Å². The van der Waals surface area contributed by atoms with Crippen molar-refractivity contribution in [3.63, 3.8) is 0 Å². The Kier molecular flexibility index (Phi) is 6.43. The monoisotopic (exact) mass is 371 g/mol. The SMILES string of the molecule is COc1ccccc1C(=O)NCCNc1cc(N2CCOCC2)nc(C)n1. The van der Waals surface area contributed by atoms with Gasteiger partial charge in [0, 0.05) is 32.2 Å². The second kappa shape index (κ2) is 9.18. The molecule has 1 aromatic carbocycles. The van der Waals surface area contributed by atoms with Crippen molar-refractivity contribution in [2.24, 2.45) is 0 Å². The van der Waals surface area contributed by atoms with Crippen LogP contribution in [0.4, 0.5) is 11.6 Å². The van der Waals surface area contributed by atoms with Crippen LogP contribution >= 0.6 is 0 Å². The first kappa shape index (κ1) is 18.9. The lowest BCUT2D eigenvalue weighted by Gasteiger charge is -2.28. The minimum Gasteiger partial charge on any atom is -0.496 e. The van der Waals surface area contributed by atoms with Gasteiger partial charge in [0.2, 0.25) is 0 Å². The summed E-state index contributed by atoms with van der Waals surface area (Å²) in [6.45, 7) is 5.96. The predicted octanol–water partition coefficient (Wildman–Crippen LogP) is 1.47. The number of anilines is 2. The number of ether oxygens (including phenoxy) is 2. The number of carbonyl (C=O) groups is 1. The largest absolute Gasteiger partial charge is 0.496 e. The van der Waals surface area contributed by atoms with E-state index in [0.717, 1.165) is 24.7 Å². The molecule has 1 fully saturated rings. The lowest BCUT2D eigenvalue weighted by Crippen LogP contribution is -2.37. The Bertz CT molecular complexity index is 778.